The minimum atomic E-state index is 0.484. The van der Waals surface area contributed by atoms with E-state index in [4.69, 9.17) is 27.6 Å². The summed E-state index contributed by atoms with van der Waals surface area (Å²) in [7, 11) is 0. The van der Waals surface area contributed by atoms with Crippen molar-refractivity contribution in [1.82, 2.24) is 4.98 Å². The molecule has 27 heavy (non-hydrogen) atoms. The maximum absolute atomic E-state index is 6.20. The summed E-state index contributed by atoms with van der Waals surface area (Å²) >= 11 is 15.8. The molecule has 0 aliphatic carbocycles. The van der Waals surface area contributed by atoms with Crippen LogP contribution in [-0.2, 0) is 0 Å². The minimum Gasteiger partial charge on any atom is -0.436 e. The van der Waals surface area contributed by atoms with Crippen LogP contribution >= 0.6 is 39.1 Å². The van der Waals surface area contributed by atoms with E-state index in [2.05, 4.69) is 25.9 Å². The summed E-state index contributed by atoms with van der Waals surface area (Å²) in [6.07, 6.45) is 1.69. The Bertz CT molecular complexity index is 1180. The smallest absolute Gasteiger partial charge is 0.227 e. The van der Waals surface area contributed by atoms with E-state index < -0.39 is 0 Å². The van der Waals surface area contributed by atoms with Gasteiger partial charge in [-0.3, -0.25) is 4.99 Å². The van der Waals surface area contributed by atoms with Gasteiger partial charge in [-0.05, 0) is 48.9 Å². The molecule has 134 valence electrons. The van der Waals surface area contributed by atoms with Gasteiger partial charge in [0.05, 0.1) is 15.7 Å². The third kappa shape index (κ3) is 3.79. The predicted octanol–water partition coefficient (Wildman–Crippen LogP) is 7.62. The molecule has 0 bridgehead atoms. The number of aliphatic imine (C=N–C) groups is 1. The molecule has 4 rings (SSSR count). The standard InChI is InChI=1S/C21H13BrCl2N2O/c1-12-5-6-13(9-16(12)22)21-26-18-10-15(7-8-19(18)27-21)25-11-14-3-2-4-17(23)20(14)24/h2-11H,1H3. The maximum atomic E-state index is 6.20. The van der Waals surface area contributed by atoms with Gasteiger partial charge in [-0.15, -0.1) is 0 Å². The Morgan fingerprint density at radius 2 is 1.93 bits per heavy atom. The van der Waals surface area contributed by atoms with Crippen LogP contribution in [0.1, 0.15) is 11.1 Å². The SMILES string of the molecule is Cc1ccc(-c2nc3cc(N=Cc4cccc(Cl)c4Cl)ccc3o2)cc1Br. The molecule has 0 amide bonds. The second-order valence-electron chi connectivity index (χ2n) is 6.04. The van der Waals surface area contributed by atoms with Crippen LogP contribution in [0.3, 0.4) is 0 Å². The number of aryl methyl sites for hydroxylation is 1. The molecule has 0 atom stereocenters. The molecule has 3 nitrogen and oxygen atoms in total. The molecule has 0 saturated heterocycles. The van der Waals surface area contributed by atoms with Crippen molar-refractivity contribution in [2.45, 2.75) is 6.92 Å². The average Bonchev–Trinajstić information content (AvgIpc) is 3.08. The van der Waals surface area contributed by atoms with E-state index in [1.54, 1.807) is 12.3 Å². The predicted molar refractivity (Wildman–Crippen MR) is 116 cm³/mol. The van der Waals surface area contributed by atoms with Crippen molar-refractivity contribution in [3.05, 3.63) is 80.2 Å². The van der Waals surface area contributed by atoms with Gasteiger partial charge in [0, 0.05) is 21.8 Å². The molecular formula is C21H13BrCl2N2O. The van der Waals surface area contributed by atoms with E-state index in [0.29, 0.717) is 21.5 Å². The molecule has 0 aliphatic heterocycles. The van der Waals surface area contributed by atoms with Gasteiger partial charge < -0.3 is 4.42 Å². The fraction of sp³-hybridized carbons (Fsp3) is 0.0476. The highest BCUT2D eigenvalue weighted by Gasteiger charge is 2.10. The second-order valence-corrected chi connectivity index (χ2v) is 7.68. The number of aromatic nitrogens is 1. The zero-order valence-corrected chi connectivity index (χ0v) is 17.3. The van der Waals surface area contributed by atoms with E-state index in [1.165, 1.54) is 0 Å². The Labute approximate surface area is 174 Å². The highest BCUT2D eigenvalue weighted by molar-refractivity contribution is 9.10. The molecule has 0 unspecified atom stereocenters. The van der Waals surface area contributed by atoms with Crippen LogP contribution in [0.5, 0.6) is 0 Å². The van der Waals surface area contributed by atoms with Crippen LogP contribution < -0.4 is 0 Å². The van der Waals surface area contributed by atoms with Crippen molar-refractivity contribution >= 4 is 62.1 Å². The Morgan fingerprint density at radius 3 is 2.74 bits per heavy atom. The van der Waals surface area contributed by atoms with Crippen molar-refractivity contribution in [3.8, 4) is 11.5 Å². The van der Waals surface area contributed by atoms with E-state index in [-0.39, 0.29) is 0 Å². The molecule has 0 saturated carbocycles. The highest BCUT2D eigenvalue weighted by atomic mass is 79.9. The van der Waals surface area contributed by atoms with Crippen molar-refractivity contribution in [2.24, 2.45) is 4.99 Å². The number of nitrogens with zero attached hydrogens (tertiary/aromatic N) is 2. The summed E-state index contributed by atoms with van der Waals surface area (Å²) < 4.78 is 6.90. The topological polar surface area (TPSA) is 38.4 Å². The first kappa shape index (κ1) is 18.2. The molecule has 1 aromatic heterocycles. The van der Waals surface area contributed by atoms with Crippen LogP contribution in [-0.4, -0.2) is 11.2 Å². The summed E-state index contributed by atoms with van der Waals surface area (Å²) in [5.41, 5.74) is 5.04. The van der Waals surface area contributed by atoms with Crippen LogP contribution in [0.25, 0.3) is 22.6 Å². The number of halogens is 3. The number of fused-ring (bicyclic) bond motifs is 1. The molecule has 0 radical (unpaired) electrons. The molecule has 0 aliphatic rings. The van der Waals surface area contributed by atoms with Gasteiger partial charge in [-0.25, -0.2) is 4.98 Å². The number of oxazole rings is 1. The van der Waals surface area contributed by atoms with E-state index in [9.17, 15) is 0 Å². The molecule has 4 aromatic rings. The Morgan fingerprint density at radius 1 is 1.07 bits per heavy atom. The summed E-state index contributed by atoms with van der Waals surface area (Å²) in [4.78, 5) is 9.07. The number of hydrogen-bond donors (Lipinski definition) is 0. The molecule has 3 aromatic carbocycles. The first-order valence-electron chi connectivity index (χ1n) is 8.16. The monoisotopic (exact) mass is 458 g/mol. The van der Waals surface area contributed by atoms with Gasteiger partial charge in [0.25, 0.3) is 0 Å². The fourth-order valence-electron chi connectivity index (χ4n) is 2.61. The number of hydrogen-bond acceptors (Lipinski definition) is 3. The lowest BCUT2D eigenvalue weighted by Gasteiger charge is -1.99. The third-order valence-electron chi connectivity index (χ3n) is 4.12. The maximum Gasteiger partial charge on any atom is 0.227 e. The third-order valence-corrected chi connectivity index (χ3v) is 5.81. The van der Waals surface area contributed by atoms with Crippen LogP contribution in [0.2, 0.25) is 10.0 Å². The zero-order valence-electron chi connectivity index (χ0n) is 14.2. The lowest BCUT2D eigenvalue weighted by molar-refractivity contribution is 0.620. The summed E-state index contributed by atoms with van der Waals surface area (Å²) in [6.45, 7) is 2.04. The largest absolute Gasteiger partial charge is 0.436 e. The molecular weight excluding hydrogens is 447 g/mol. The van der Waals surface area contributed by atoms with Crippen molar-refractivity contribution in [3.63, 3.8) is 0 Å². The Kier molecular flexibility index (Phi) is 5.04. The van der Waals surface area contributed by atoms with Crippen molar-refractivity contribution in [2.75, 3.05) is 0 Å². The molecule has 0 N–H and O–H groups in total. The minimum absolute atomic E-state index is 0.484. The van der Waals surface area contributed by atoms with Crippen molar-refractivity contribution in [1.29, 1.82) is 0 Å². The van der Waals surface area contributed by atoms with Gasteiger partial charge in [-0.1, -0.05) is 57.3 Å². The lowest BCUT2D eigenvalue weighted by Crippen LogP contribution is -1.83. The molecule has 1 heterocycles. The fourth-order valence-corrected chi connectivity index (χ4v) is 3.35. The number of benzene rings is 3. The zero-order chi connectivity index (χ0) is 19.0. The van der Waals surface area contributed by atoms with E-state index in [1.807, 2.05) is 55.5 Å². The first-order valence-corrected chi connectivity index (χ1v) is 9.71. The molecule has 0 spiro atoms. The molecule has 6 heteroatoms. The van der Waals surface area contributed by atoms with Crippen LogP contribution in [0.15, 0.2) is 68.5 Å². The Hall–Kier alpha value is -2.14. The van der Waals surface area contributed by atoms with Crippen LogP contribution in [0.4, 0.5) is 5.69 Å². The average molecular weight is 460 g/mol. The van der Waals surface area contributed by atoms with E-state index >= 15 is 0 Å². The number of rotatable bonds is 3. The Balaban J connectivity index is 1.67. The van der Waals surface area contributed by atoms with Crippen LogP contribution in [0, 0.1) is 6.92 Å². The summed E-state index contributed by atoms with van der Waals surface area (Å²) in [6, 6.07) is 17.1. The summed E-state index contributed by atoms with van der Waals surface area (Å²) in [5, 5.41) is 0.985. The molecule has 0 fully saturated rings. The van der Waals surface area contributed by atoms with Gasteiger partial charge in [0.15, 0.2) is 5.58 Å². The van der Waals surface area contributed by atoms with Gasteiger partial charge in [-0.2, -0.15) is 0 Å². The first-order chi connectivity index (χ1) is 13.0. The van der Waals surface area contributed by atoms with Gasteiger partial charge in [0.2, 0.25) is 5.89 Å². The van der Waals surface area contributed by atoms with E-state index in [0.717, 1.165) is 32.4 Å². The second kappa shape index (κ2) is 7.47. The normalized spacial score (nSPS) is 11.6. The lowest BCUT2D eigenvalue weighted by atomic mass is 10.1. The highest BCUT2D eigenvalue weighted by Crippen LogP contribution is 2.30. The van der Waals surface area contributed by atoms with Gasteiger partial charge >= 0.3 is 0 Å². The van der Waals surface area contributed by atoms with Gasteiger partial charge in [0.1, 0.15) is 5.52 Å². The quantitative estimate of drug-likeness (QED) is 0.295. The van der Waals surface area contributed by atoms with Crippen molar-refractivity contribution < 1.29 is 4.42 Å². The summed E-state index contributed by atoms with van der Waals surface area (Å²) in [5.74, 6) is 0.574.